The number of nitrogens with two attached hydrogens (primary N) is 1. The fourth-order valence-electron chi connectivity index (χ4n) is 3.53. The molecule has 0 spiro atoms. The second kappa shape index (κ2) is 7.69. The van der Waals surface area contributed by atoms with Crippen molar-refractivity contribution in [1.29, 1.82) is 0 Å². The van der Waals surface area contributed by atoms with Crippen LogP contribution >= 0.6 is 11.8 Å². The molecular formula is C18H27N3OS. The molecule has 2 N–H and O–H groups in total. The molecule has 5 heteroatoms. The molecule has 126 valence electrons. The maximum absolute atomic E-state index is 12.7. The topological polar surface area (TPSA) is 49.6 Å². The molecule has 0 saturated carbocycles. The molecule has 1 aromatic carbocycles. The minimum absolute atomic E-state index is 0.148. The zero-order valence-corrected chi connectivity index (χ0v) is 14.7. The number of hydrogen-bond donors (Lipinski definition) is 1. The quantitative estimate of drug-likeness (QED) is 0.916. The van der Waals surface area contributed by atoms with E-state index >= 15 is 0 Å². The van der Waals surface area contributed by atoms with Crippen molar-refractivity contribution < 1.29 is 4.79 Å². The highest BCUT2D eigenvalue weighted by Gasteiger charge is 2.31. The monoisotopic (exact) mass is 333 g/mol. The number of amides is 1. The Hall–Kier alpha value is -1.04. The fraction of sp³-hybridized carbons (Fsp3) is 0.611. The Kier molecular flexibility index (Phi) is 5.62. The summed E-state index contributed by atoms with van der Waals surface area (Å²) in [5, 5.41) is 0. The lowest BCUT2D eigenvalue weighted by atomic mass is 10.1. The molecule has 0 aliphatic carbocycles. The smallest absolute Gasteiger partial charge is 0.254 e. The summed E-state index contributed by atoms with van der Waals surface area (Å²) in [6.07, 6.45) is 1.02. The number of likely N-dealkylation sites (tertiary alicyclic amines) is 1. The third-order valence-electron chi connectivity index (χ3n) is 4.97. The van der Waals surface area contributed by atoms with E-state index in [1.54, 1.807) is 0 Å². The first-order valence-electron chi connectivity index (χ1n) is 8.57. The van der Waals surface area contributed by atoms with Gasteiger partial charge in [-0.3, -0.25) is 9.69 Å². The van der Waals surface area contributed by atoms with E-state index in [-0.39, 0.29) is 5.91 Å². The SMILES string of the molecule is CC1CC(CN)CN1C(=O)c1ccc(CN2CCSCC2)cc1. The van der Waals surface area contributed by atoms with Gasteiger partial charge in [-0.05, 0) is 43.5 Å². The van der Waals surface area contributed by atoms with Crippen LogP contribution in [0.5, 0.6) is 0 Å². The maximum atomic E-state index is 12.7. The van der Waals surface area contributed by atoms with E-state index in [4.69, 9.17) is 5.73 Å². The van der Waals surface area contributed by atoms with Crippen LogP contribution in [0.1, 0.15) is 29.3 Å². The highest BCUT2D eigenvalue weighted by Crippen LogP contribution is 2.24. The predicted molar refractivity (Wildman–Crippen MR) is 96.7 cm³/mol. The third-order valence-corrected chi connectivity index (χ3v) is 5.91. The van der Waals surface area contributed by atoms with E-state index in [1.807, 2.05) is 28.8 Å². The van der Waals surface area contributed by atoms with Gasteiger partial charge in [-0.1, -0.05) is 12.1 Å². The Bertz CT molecular complexity index is 528. The Morgan fingerprint density at radius 3 is 2.57 bits per heavy atom. The second-order valence-corrected chi connectivity index (χ2v) is 7.95. The van der Waals surface area contributed by atoms with Crippen LogP contribution in [-0.2, 0) is 6.54 Å². The Morgan fingerprint density at radius 1 is 1.26 bits per heavy atom. The van der Waals surface area contributed by atoms with Crippen LogP contribution in [0, 0.1) is 5.92 Å². The number of hydrogen-bond acceptors (Lipinski definition) is 4. The molecule has 2 heterocycles. The van der Waals surface area contributed by atoms with Gasteiger partial charge in [-0.25, -0.2) is 0 Å². The lowest BCUT2D eigenvalue weighted by Crippen LogP contribution is -2.34. The van der Waals surface area contributed by atoms with Crippen molar-refractivity contribution in [2.75, 3.05) is 37.7 Å². The van der Waals surface area contributed by atoms with Gasteiger partial charge < -0.3 is 10.6 Å². The van der Waals surface area contributed by atoms with E-state index in [9.17, 15) is 4.79 Å². The van der Waals surface area contributed by atoms with Gasteiger partial charge >= 0.3 is 0 Å². The minimum Gasteiger partial charge on any atom is -0.336 e. The molecule has 0 bridgehead atoms. The highest BCUT2D eigenvalue weighted by atomic mass is 32.2. The number of thioether (sulfide) groups is 1. The van der Waals surface area contributed by atoms with Crippen molar-refractivity contribution in [3.63, 3.8) is 0 Å². The maximum Gasteiger partial charge on any atom is 0.254 e. The van der Waals surface area contributed by atoms with Gasteiger partial charge in [0.1, 0.15) is 0 Å². The molecular weight excluding hydrogens is 306 g/mol. The number of benzene rings is 1. The first-order chi connectivity index (χ1) is 11.2. The summed E-state index contributed by atoms with van der Waals surface area (Å²) in [5.41, 5.74) is 7.85. The van der Waals surface area contributed by atoms with Crippen molar-refractivity contribution in [2.24, 2.45) is 11.7 Å². The Morgan fingerprint density at radius 2 is 1.96 bits per heavy atom. The van der Waals surface area contributed by atoms with Gasteiger partial charge in [0, 0.05) is 49.3 Å². The van der Waals surface area contributed by atoms with Crippen molar-refractivity contribution in [2.45, 2.75) is 25.9 Å². The standard InChI is InChI=1S/C18H27N3OS/c1-14-10-16(11-19)13-21(14)18(22)17-4-2-15(3-5-17)12-20-6-8-23-9-7-20/h2-5,14,16H,6-13,19H2,1H3. The summed E-state index contributed by atoms with van der Waals surface area (Å²) >= 11 is 2.03. The summed E-state index contributed by atoms with van der Waals surface area (Å²) in [5.74, 6) is 3.05. The number of rotatable bonds is 4. The molecule has 1 aromatic rings. The van der Waals surface area contributed by atoms with Crippen molar-refractivity contribution in [3.05, 3.63) is 35.4 Å². The zero-order valence-electron chi connectivity index (χ0n) is 13.9. The molecule has 0 radical (unpaired) electrons. The summed E-state index contributed by atoms with van der Waals surface area (Å²) in [7, 11) is 0. The molecule has 2 aliphatic rings. The molecule has 2 aliphatic heterocycles. The number of carbonyl (C=O) groups is 1. The zero-order chi connectivity index (χ0) is 16.2. The van der Waals surface area contributed by atoms with Crippen LogP contribution in [0.3, 0.4) is 0 Å². The van der Waals surface area contributed by atoms with Crippen molar-refractivity contribution in [1.82, 2.24) is 9.80 Å². The van der Waals surface area contributed by atoms with Gasteiger partial charge in [-0.15, -0.1) is 0 Å². The van der Waals surface area contributed by atoms with Crippen LogP contribution < -0.4 is 5.73 Å². The van der Waals surface area contributed by atoms with Gasteiger partial charge in [0.25, 0.3) is 5.91 Å². The molecule has 2 fully saturated rings. The number of carbonyl (C=O) groups excluding carboxylic acids is 1. The molecule has 4 nitrogen and oxygen atoms in total. The van der Waals surface area contributed by atoms with Crippen LogP contribution in [0.15, 0.2) is 24.3 Å². The summed E-state index contributed by atoms with van der Waals surface area (Å²) in [6.45, 7) is 6.90. The molecule has 2 unspecified atom stereocenters. The molecule has 1 amide bonds. The molecule has 2 atom stereocenters. The van der Waals surface area contributed by atoms with E-state index in [1.165, 1.54) is 17.1 Å². The lowest BCUT2D eigenvalue weighted by molar-refractivity contribution is 0.0743. The highest BCUT2D eigenvalue weighted by molar-refractivity contribution is 7.99. The minimum atomic E-state index is 0.148. The summed E-state index contributed by atoms with van der Waals surface area (Å²) in [4.78, 5) is 17.2. The Balaban J connectivity index is 1.61. The van der Waals surface area contributed by atoms with Gasteiger partial charge in [-0.2, -0.15) is 11.8 Å². The largest absolute Gasteiger partial charge is 0.336 e. The summed E-state index contributed by atoms with van der Waals surface area (Å²) < 4.78 is 0. The van der Waals surface area contributed by atoms with Gasteiger partial charge in [0.05, 0.1) is 0 Å². The fourth-order valence-corrected chi connectivity index (χ4v) is 4.51. The van der Waals surface area contributed by atoms with Crippen molar-refractivity contribution >= 4 is 17.7 Å². The molecule has 0 aromatic heterocycles. The molecule has 3 rings (SSSR count). The van der Waals surface area contributed by atoms with E-state index < -0.39 is 0 Å². The van der Waals surface area contributed by atoms with Crippen LogP contribution in [0.2, 0.25) is 0 Å². The van der Waals surface area contributed by atoms with Crippen LogP contribution in [-0.4, -0.2) is 59.4 Å². The van der Waals surface area contributed by atoms with E-state index in [2.05, 4.69) is 24.0 Å². The van der Waals surface area contributed by atoms with Gasteiger partial charge in [0.15, 0.2) is 0 Å². The summed E-state index contributed by atoms with van der Waals surface area (Å²) in [6, 6.07) is 8.48. The normalized spacial score (nSPS) is 25.7. The van der Waals surface area contributed by atoms with Gasteiger partial charge in [0.2, 0.25) is 0 Å². The average Bonchev–Trinajstić information content (AvgIpc) is 2.97. The van der Waals surface area contributed by atoms with Crippen molar-refractivity contribution in [3.8, 4) is 0 Å². The first kappa shape index (κ1) is 16.8. The lowest BCUT2D eigenvalue weighted by Gasteiger charge is -2.26. The number of nitrogens with zero attached hydrogens (tertiary/aromatic N) is 2. The van der Waals surface area contributed by atoms with E-state index in [0.29, 0.717) is 18.5 Å². The first-order valence-corrected chi connectivity index (χ1v) is 9.73. The van der Waals surface area contributed by atoms with Crippen LogP contribution in [0.25, 0.3) is 0 Å². The molecule has 2 saturated heterocycles. The predicted octanol–water partition coefficient (Wildman–Crippen LogP) is 2.04. The third kappa shape index (κ3) is 4.08. The average molecular weight is 334 g/mol. The Labute approximate surface area is 143 Å². The van der Waals surface area contributed by atoms with E-state index in [0.717, 1.165) is 38.2 Å². The molecule has 23 heavy (non-hydrogen) atoms. The van der Waals surface area contributed by atoms with Crippen LogP contribution in [0.4, 0.5) is 0 Å². The second-order valence-electron chi connectivity index (χ2n) is 6.73.